The molecule has 1 aliphatic rings. The van der Waals surface area contributed by atoms with Crippen molar-refractivity contribution < 1.29 is 31.5 Å². The van der Waals surface area contributed by atoms with E-state index in [4.69, 9.17) is 5.11 Å². The number of nitrogens with one attached hydrogen (secondary N) is 1. The largest absolute Gasteiger partial charge is 0.477 e. The molecule has 1 aliphatic heterocycles. The second-order valence-electron chi connectivity index (χ2n) is 5.69. The Morgan fingerprint density at radius 1 is 1.50 bits per heavy atom. The van der Waals surface area contributed by atoms with Gasteiger partial charge in [-0.2, -0.15) is 13.2 Å². The number of sulfonamides is 1. The van der Waals surface area contributed by atoms with Gasteiger partial charge in [0.05, 0.1) is 11.4 Å². The van der Waals surface area contributed by atoms with Gasteiger partial charge in [0.1, 0.15) is 4.88 Å². The van der Waals surface area contributed by atoms with Crippen molar-refractivity contribution in [2.45, 2.75) is 24.4 Å². The van der Waals surface area contributed by atoms with E-state index in [9.17, 15) is 26.4 Å². The summed E-state index contributed by atoms with van der Waals surface area (Å²) >= 11 is 0.862. The van der Waals surface area contributed by atoms with E-state index in [1.54, 1.807) is 0 Å². The topological polar surface area (TPSA) is 86.7 Å². The Kier molecular flexibility index (Phi) is 5.57. The number of hydrogen-bond acceptors (Lipinski definition) is 5. The first kappa shape index (κ1) is 19.2. The summed E-state index contributed by atoms with van der Waals surface area (Å²) in [5.41, 5.74) is 0. The number of rotatable bonds is 6. The smallest absolute Gasteiger partial charge is 0.401 e. The molecule has 1 fully saturated rings. The minimum atomic E-state index is -4.27. The Bertz CT molecular complexity index is 715. The highest BCUT2D eigenvalue weighted by molar-refractivity contribution is 7.89. The fourth-order valence-electron chi connectivity index (χ4n) is 2.62. The van der Waals surface area contributed by atoms with Gasteiger partial charge in [-0.25, -0.2) is 17.9 Å². The standard InChI is InChI=1S/C13H17F3N2O4S2/c1-8-11(4-10(23-8)12(19)20)24(21,22)17-5-9-2-3-18(6-9)7-13(14,15)16/h4,9,17H,2-3,5-7H2,1H3,(H,19,20). The summed E-state index contributed by atoms with van der Waals surface area (Å²) in [5.74, 6) is -1.41. The van der Waals surface area contributed by atoms with Gasteiger partial charge in [-0.1, -0.05) is 0 Å². The van der Waals surface area contributed by atoms with Crippen LogP contribution in [0.25, 0.3) is 0 Å². The number of carboxylic acids is 1. The van der Waals surface area contributed by atoms with Crippen molar-refractivity contribution in [3.63, 3.8) is 0 Å². The van der Waals surface area contributed by atoms with Crippen LogP contribution in [-0.2, 0) is 10.0 Å². The number of halogens is 3. The van der Waals surface area contributed by atoms with Crippen molar-refractivity contribution in [2.24, 2.45) is 5.92 Å². The number of nitrogens with zero attached hydrogens (tertiary/aromatic N) is 1. The second-order valence-corrected chi connectivity index (χ2v) is 8.68. The van der Waals surface area contributed by atoms with Crippen LogP contribution < -0.4 is 4.72 Å². The highest BCUT2D eigenvalue weighted by atomic mass is 32.2. The molecular weight excluding hydrogens is 369 g/mol. The molecule has 136 valence electrons. The van der Waals surface area contributed by atoms with Crippen molar-refractivity contribution >= 4 is 27.3 Å². The van der Waals surface area contributed by atoms with Crippen molar-refractivity contribution in [3.05, 3.63) is 15.8 Å². The number of thiophene rings is 1. The van der Waals surface area contributed by atoms with Gasteiger partial charge in [-0.3, -0.25) is 4.90 Å². The summed E-state index contributed by atoms with van der Waals surface area (Å²) in [6, 6.07) is 1.09. The lowest BCUT2D eigenvalue weighted by atomic mass is 10.1. The Morgan fingerprint density at radius 3 is 2.71 bits per heavy atom. The molecule has 0 aromatic carbocycles. The van der Waals surface area contributed by atoms with Gasteiger partial charge >= 0.3 is 12.1 Å². The molecule has 0 radical (unpaired) electrons. The van der Waals surface area contributed by atoms with Crippen molar-refractivity contribution in [2.75, 3.05) is 26.2 Å². The third-order valence-electron chi connectivity index (χ3n) is 3.71. The number of aryl methyl sites for hydroxylation is 1. The van der Waals surface area contributed by atoms with Gasteiger partial charge in [0.25, 0.3) is 0 Å². The molecule has 11 heteroatoms. The van der Waals surface area contributed by atoms with Gasteiger partial charge in [0.15, 0.2) is 0 Å². The monoisotopic (exact) mass is 386 g/mol. The maximum atomic E-state index is 12.3. The zero-order chi connectivity index (χ0) is 18.1. The predicted octanol–water partition coefficient (Wildman–Crippen LogP) is 1.92. The predicted molar refractivity (Wildman–Crippen MR) is 81.8 cm³/mol. The van der Waals surface area contributed by atoms with Crippen LogP contribution in [0.5, 0.6) is 0 Å². The SMILES string of the molecule is Cc1sc(C(=O)O)cc1S(=O)(=O)NCC1CCN(CC(F)(F)F)C1. The third-order valence-corrected chi connectivity index (χ3v) is 6.42. The van der Waals surface area contributed by atoms with Crippen LogP contribution in [0.4, 0.5) is 13.2 Å². The molecular formula is C13H17F3N2O4S2. The molecule has 1 aromatic heterocycles. The number of carbonyl (C=O) groups is 1. The van der Waals surface area contributed by atoms with E-state index >= 15 is 0 Å². The fraction of sp³-hybridized carbons (Fsp3) is 0.615. The molecule has 1 atom stereocenters. The van der Waals surface area contributed by atoms with Gasteiger partial charge in [0, 0.05) is 18.0 Å². The number of hydrogen-bond donors (Lipinski definition) is 2. The summed E-state index contributed by atoms with van der Waals surface area (Å²) in [6.07, 6.45) is -3.79. The van der Waals surface area contributed by atoms with Gasteiger partial charge in [0.2, 0.25) is 10.0 Å². The van der Waals surface area contributed by atoms with Gasteiger partial charge in [-0.15, -0.1) is 11.3 Å². The first-order valence-electron chi connectivity index (χ1n) is 7.10. The molecule has 1 aromatic rings. The summed E-state index contributed by atoms with van der Waals surface area (Å²) in [6.45, 7) is 0.972. The first-order valence-corrected chi connectivity index (χ1v) is 9.40. The number of alkyl halides is 3. The van der Waals surface area contributed by atoms with E-state index < -0.39 is 28.7 Å². The summed E-state index contributed by atoms with van der Waals surface area (Å²) in [4.78, 5) is 12.3. The molecule has 6 nitrogen and oxygen atoms in total. The Balaban J connectivity index is 1.95. The van der Waals surface area contributed by atoms with Crippen molar-refractivity contribution in [1.82, 2.24) is 9.62 Å². The first-order chi connectivity index (χ1) is 11.0. The summed E-state index contributed by atoms with van der Waals surface area (Å²) in [7, 11) is -3.89. The molecule has 2 N–H and O–H groups in total. The molecule has 2 heterocycles. The van der Waals surface area contributed by atoms with E-state index in [1.807, 2.05) is 0 Å². The number of likely N-dealkylation sites (tertiary alicyclic amines) is 1. The van der Waals surface area contributed by atoms with Crippen molar-refractivity contribution in [1.29, 1.82) is 0 Å². The Labute approximate surface area is 141 Å². The minimum absolute atomic E-state index is 0.0222. The molecule has 0 spiro atoms. The molecule has 2 rings (SSSR count). The van der Waals surface area contributed by atoms with Crippen LogP contribution in [0, 0.1) is 12.8 Å². The maximum Gasteiger partial charge on any atom is 0.401 e. The van der Waals surface area contributed by atoms with Crippen molar-refractivity contribution in [3.8, 4) is 0 Å². The van der Waals surface area contributed by atoms with Crippen LogP contribution >= 0.6 is 11.3 Å². The zero-order valence-electron chi connectivity index (χ0n) is 12.8. The van der Waals surface area contributed by atoms with E-state index in [2.05, 4.69) is 4.72 Å². The molecule has 1 saturated heterocycles. The maximum absolute atomic E-state index is 12.3. The molecule has 0 amide bonds. The van der Waals surface area contributed by atoms with Gasteiger partial charge < -0.3 is 5.11 Å². The van der Waals surface area contributed by atoms with Crippen LogP contribution in [0.2, 0.25) is 0 Å². The lowest BCUT2D eigenvalue weighted by Crippen LogP contribution is -2.34. The minimum Gasteiger partial charge on any atom is -0.477 e. The summed E-state index contributed by atoms with van der Waals surface area (Å²) < 4.78 is 63.9. The normalized spacial score (nSPS) is 19.8. The number of carboxylic acid groups (broad SMARTS) is 1. The summed E-state index contributed by atoms with van der Waals surface area (Å²) in [5, 5.41) is 8.91. The lowest BCUT2D eigenvalue weighted by molar-refractivity contribution is -0.143. The van der Waals surface area contributed by atoms with Gasteiger partial charge in [-0.05, 0) is 31.9 Å². The average Bonchev–Trinajstić information content (AvgIpc) is 3.01. The Morgan fingerprint density at radius 2 is 2.17 bits per heavy atom. The fourth-order valence-corrected chi connectivity index (χ4v) is 5.16. The van der Waals surface area contributed by atoms with Crippen LogP contribution in [0.3, 0.4) is 0 Å². The highest BCUT2D eigenvalue weighted by Gasteiger charge is 2.34. The second kappa shape index (κ2) is 6.98. The van der Waals surface area contributed by atoms with Crippen LogP contribution in [0.1, 0.15) is 21.0 Å². The molecule has 0 aliphatic carbocycles. The van der Waals surface area contributed by atoms with Crippen LogP contribution in [0.15, 0.2) is 11.0 Å². The molecule has 24 heavy (non-hydrogen) atoms. The lowest BCUT2D eigenvalue weighted by Gasteiger charge is -2.18. The third kappa shape index (κ3) is 4.91. The Hall–Kier alpha value is -1.17. The van der Waals surface area contributed by atoms with E-state index in [0.29, 0.717) is 11.3 Å². The van der Waals surface area contributed by atoms with Crippen LogP contribution in [-0.4, -0.2) is 56.7 Å². The van der Waals surface area contributed by atoms with E-state index in [1.165, 1.54) is 11.8 Å². The molecule has 0 saturated carbocycles. The van der Waals surface area contributed by atoms with E-state index in [0.717, 1.165) is 17.4 Å². The average molecular weight is 386 g/mol. The van der Waals surface area contributed by atoms with E-state index in [-0.39, 0.29) is 35.3 Å². The molecule has 1 unspecified atom stereocenters. The zero-order valence-corrected chi connectivity index (χ0v) is 14.4. The highest BCUT2D eigenvalue weighted by Crippen LogP contribution is 2.26. The number of aromatic carboxylic acids is 1. The quantitative estimate of drug-likeness (QED) is 0.780. The molecule has 0 bridgehead atoms.